The number of carbonyl (C=O) groups is 1. The van der Waals surface area contributed by atoms with Crippen molar-refractivity contribution in [2.24, 2.45) is 0 Å². The van der Waals surface area contributed by atoms with Gasteiger partial charge in [0.25, 0.3) is 5.91 Å². The van der Waals surface area contributed by atoms with Gasteiger partial charge in [0.1, 0.15) is 12.4 Å². The number of benzene rings is 3. The van der Waals surface area contributed by atoms with Crippen molar-refractivity contribution in [3.05, 3.63) is 110 Å². The molecule has 210 valence electrons. The maximum Gasteiger partial charge on any atom is 0.440 e. The van der Waals surface area contributed by atoms with E-state index in [2.05, 4.69) is 11.1 Å². The Morgan fingerprint density at radius 1 is 0.925 bits per heavy atom. The molecule has 1 N–H and O–H groups in total. The van der Waals surface area contributed by atoms with Gasteiger partial charge < -0.3 is 23.6 Å². The first kappa shape index (κ1) is 28.6. The molecule has 10 heteroatoms. The lowest BCUT2D eigenvalue weighted by atomic mass is 9.97. The average molecular weight is 548 g/mol. The van der Waals surface area contributed by atoms with Crippen LogP contribution in [0.15, 0.2) is 80.8 Å². The van der Waals surface area contributed by atoms with Gasteiger partial charge in [-0.05, 0) is 65.1 Å². The quantitative estimate of drug-likeness (QED) is 0.273. The Kier molecular flexibility index (Phi) is 9.71. The molecular weight excluding hydrogens is 514 g/mol. The second kappa shape index (κ2) is 13.6. The molecule has 0 bridgehead atoms. The summed E-state index contributed by atoms with van der Waals surface area (Å²) in [4.78, 5) is 39.7. The van der Waals surface area contributed by atoms with Gasteiger partial charge in [0.2, 0.25) is 0 Å². The minimum atomic E-state index is -0.783. The maximum atomic E-state index is 13.1. The van der Waals surface area contributed by atoms with Crippen molar-refractivity contribution < 1.29 is 23.5 Å². The van der Waals surface area contributed by atoms with Crippen molar-refractivity contribution in [2.75, 3.05) is 40.5 Å². The van der Waals surface area contributed by atoms with Crippen LogP contribution in [-0.2, 0) is 22.6 Å². The molecule has 0 radical (unpaired) electrons. The van der Waals surface area contributed by atoms with Crippen molar-refractivity contribution >= 4 is 5.91 Å². The summed E-state index contributed by atoms with van der Waals surface area (Å²) >= 11 is 0. The van der Waals surface area contributed by atoms with E-state index in [9.17, 15) is 14.4 Å². The van der Waals surface area contributed by atoms with Crippen LogP contribution in [0.25, 0.3) is 11.1 Å². The number of methoxy groups -OCH3 is 2. The molecule has 1 aromatic heterocycles. The van der Waals surface area contributed by atoms with E-state index in [0.29, 0.717) is 44.2 Å². The molecule has 0 saturated carbocycles. The van der Waals surface area contributed by atoms with Crippen LogP contribution < -0.4 is 16.2 Å². The Hall–Kier alpha value is -4.41. The van der Waals surface area contributed by atoms with Crippen LogP contribution in [0.2, 0.25) is 0 Å². The lowest BCUT2D eigenvalue weighted by molar-refractivity contribution is 0.0627. The lowest BCUT2D eigenvalue weighted by Gasteiger charge is -2.22. The molecule has 0 aliphatic carbocycles. The van der Waals surface area contributed by atoms with Gasteiger partial charge in [-0.1, -0.05) is 36.4 Å². The Morgan fingerprint density at radius 2 is 1.65 bits per heavy atom. The minimum Gasteiger partial charge on any atom is -0.489 e. The summed E-state index contributed by atoms with van der Waals surface area (Å²) in [5.74, 6) is -0.168. The van der Waals surface area contributed by atoms with E-state index in [1.807, 2.05) is 55.5 Å². The second-order valence-electron chi connectivity index (χ2n) is 9.29. The van der Waals surface area contributed by atoms with Gasteiger partial charge >= 0.3 is 11.4 Å². The number of nitrogens with zero attached hydrogens (tertiary/aromatic N) is 2. The number of aryl methyl sites for hydroxylation is 1. The van der Waals surface area contributed by atoms with Crippen molar-refractivity contribution in [2.45, 2.75) is 20.1 Å². The van der Waals surface area contributed by atoms with Gasteiger partial charge in [0, 0.05) is 32.9 Å². The Morgan fingerprint density at radius 3 is 2.27 bits per heavy atom. The highest BCUT2D eigenvalue weighted by Gasteiger charge is 2.17. The van der Waals surface area contributed by atoms with E-state index in [-0.39, 0.29) is 12.5 Å². The Balaban J connectivity index is 1.41. The second-order valence-corrected chi connectivity index (χ2v) is 9.29. The topological polar surface area (TPSA) is 116 Å². The third kappa shape index (κ3) is 7.37. The van der Waals surface area contributed by atoms with Gasteiger partial charge in [-0.2, -0.15) is 0 Å². The zero-order valence-corrected chi connectivity index (χ0v) is 22.8. The molecule has 4 aromatic rings. The number of ether oxygens (including phenoxy) is 3. The standard InChI is InChI=1S/C30H33N3O7/c1-21-17-25(28(34)32(13-15-37-2)14-16-38-3)9-12-27(21)24-6-4-5-23(18-24)20-39-26-10-7-22(8-11-26)19-33-29(35)31-30(36)40-33/h4-12,17-18H,13-16,19-20H2,1-3H3,(H,31,35,36). The molecule has 0 aliphatic heterocycles. The van der Waals surface area contributed by atoms with Crippen molar-refractivity contribution in [1.82, 2.24) is 14.6 Å². The molecular formula is C30H33N3O7. The number of carbonyl (C=O) groups excluding carboxylic acids is 1. The third-order valence-corrected chi connectivity index (χ3v) is 6.41. The number of H-pyrrole nitrogens is 1. The smallest absolute Gasteiger partial charge is 0.440 e. The fourth-order valence-corrected chi connectivity index (χ4v) is 4.29. The number of hydrogen-bond acceptors (Lipinski definition) is 7. The number of aromatic nitrogens is 2. The summed E-state index contributed by atoms with van der Waals surface area (Å²) in [6.45, 7) is 4.41. The van der Waals surface area contributed by atoms with Crippen LogP contribution in [0.4, 0.5) is 0 Å². The van der Waals surface area contributed by atoms with E-state index in [4.69, 9.17) is 18.7 Å². The summed E-state index contributed by atoms with van der Waals surface area (Å²) in [5, 5.41) is 0. The molecule has 0 saturated heterocycles. The number of hydrogen-bond donors (Lipinski definition) is 1. The average Bonchev–Trinajstić information content (AvgIpc) is 3.28. The molecule has 40 heavy (non-hydrogen) atoms. The minimum absolute atomic E-state index is 0.0540. The van der Waals surface area contributed by atoms with Crippen molar-refractivity contribution in [3.8, 4) is 16.9 Å². The van der Waals surface area contributed by atoms with E-state index in [1.54, 1.807) is 31.3 Å². The number of nitrogens with one attached hydrogen (secondary N) is 1. The zero-order chi connectivity index (χ0) is 28.5. The van der Waals surface area contributed by atoms with E-state index >= 15 is 0 Å². The van der Waals surface area contributed by atoms with Crippen LogP contribution in [-0.4, -0.2) is 61.1 Å². The van der Waals surface area contributed by atoms with E-state index < -0.39 is 11.4 Å². The highest BCUT2D eigenvalue weighted by atomic mass is 16.5. The van der Waals surface area contributed by atoms with Gasteiger partial charge in [-0.25, -0.2) is 14.6 Å². The Bertz CT molecular complexity index is 1530. The summed E-state index contributed by atoms with van der Waals surface area (Å²) in [6, 6.07) is 21.1. The van der Waals surface area contributed by atoms with Gasteiger partial charge in [0.05, 0.1) is 19.8 Å². The largest absolute Gasteiger partial charge is 0.489 e. The monoisotopic (exact) mass is 547 g/mol. The first-order valence-electron chi connectivity index (χ1n) is 12.9. The fourth-order valence-electron chi connectivity index (χ4n) is 4.29. The van der Waals surface area contributed by atoms with Gasteiger partial charge in [0.15, 0.2) is 0 Å². The number of rotatable bonds is 13. The first-order valence-corrected chi connectivity index (χ1v) is 12.9. The highest BCUT2D eigenvalue weighted by molar-refractivity contribution is 5.95. The van der Waals surface area contributed by atoms with Crippen LogP contribution >= 0.6 is 0 Å². The summed E-state index contributed by atoms with van der Waals surface area (Å²) in [5.41, 5.74) is 4.88. The fraction of sp³-hybridized carbons (Fsp3) is 0.300. The summed E-state index contributed by atoms with van der Waals surface area (Å²) < 4.78 is 22.1. The van der Waals surface area contributed by atoms with Crippen molar-refractivity contribution in [1.29, 1.82) is 0 Å². The molecule has 0 atom stereocenters. The summed E-state index contributed by atoms with van der Waals surface area (Å²) in [7, 11) is 3.23. The first-order chi connectivity index (χ1) is 19.4. The normalized spacial score (nSPS) is 11.0. The molecule has 3 aromatic carbocycles. The van der Waals surface area contributed by atoms with Crippen LogP contribution in [0.1, 0.15) is 27.0 Å². The molecule has 0 aliphatic rings. The zero-order valence-electron chi connectivity index (χ0n) is 22.8. The molecule has 1 amide bonds. The lowest BCUT2D eigenvalue weighted by Crippen LogP contribution is -2.36. The Labute approximate surface area is 231 Å². The predicted molar refractivity (Wildman–Crippen MR) is 150 cm³/mol. The van der Waals surface area contributed by atoms with Crippen LogP contribution in [0.5, 0.6) is 5.75 Å². The van der Waals surface area contributed by atoms with E-state index in [1.165, 1.54) is 0 Å². The van der Waals surface area contributed by atoms with Crippen LogP contribution in [0.3, 0.4) is 0 Å². The maximum absolute atomic E-state index is 13.1. The summed E-state index contributed by atoms with van der Waals surface area (Å²) in [6.07, 6.45) is 0. The van der Waals surface area contributed by atoms with Crippen LogP contribution in [0, 0.1) is 6.92 Å². The molecule has 0 unspecified atom stereocenters. The van der Waals surface area contributed by atoms with Crippen molar-refractivity contribution in [3.63, 3.8) is 0 Å². The molecule has 4 rings (SSSR count). The highest BCUT2D eigenvalue weighted by Crippen LogP contribution is 2.26. The molecule has 0 spiro atoms. The van der Waals surface area contributed by atoms with Gasteiger partial charge in [-0.15, -0.1) is 4.74 Å². The molecule has 1 heterocycles. The molecule has 0 fully saturated rings. The number of aromatic amines is 1. The van der Waals surface area contributed by atoms with E-state index in [0.717, 1.165) is 32.6 Å². The third-order valence-electron chi connectivity index (χ3n) is 6.41. The number of amides is 1. The SMILES string of the molecule is COCCN(CCOC)C(=O)c1ccc(-c2cccc(COc3ccc(Cn4oc(=O)[nH]c4=O)cc3)c2)c(C)c1. The molecule has 10 nitrogen and oxygen atoms in total. The van der Waals surface area contributed by atoms with Gasteiger partial charge in [-0.3, -0.25) is 4.79 Å². The predicted octanol–water partition coefficient (Wildman–Crippen LogP) is 3.47.